The molecule has 134 valence electrons. The highest BCUT2D eigenvalue weighted by Gasteiger charge is 2.24. The Kier molecular flexibility index (Phi) is 7.22. The van der Waals surface area contributed by atoms with E-state index >= 15 is 0 Å². The summed E-state index contributed by atoms with van der Waals surface area (Å²) in [6.07, 6.45) is 0. The van der Waals surface area contributed by atoms with Crippen molar-refractivity contribution in [2.24, 2.45) is 11.1 Å². The standard InChI is InChI=1S/C18H29N3O3/c1-13(18(2,3)4)21(5)11-17(23)20-10-14-6-8-15(9-7-14)24-12-16(19)22/h6-9,13H,10-12H2,1-5H3,(H2,19,22)(H,20,23). The van der Waals surface area contributed by atoms with Gasteiger partial charge in [-0.25, -0.2) is 0 Å². The number of primary amides is 1. The van der Waals surface area contributed by atoms with Crippen molar-refractivity contribution in [1.29, 1.82) is 0 Å². The topological polar surface area (TPSA) is 84.7 Å². The summed E-state index contributed by atoms with van der Waals surface area (Å²) in [5, 5.41) is 2.91. The number of benzene rings is 1. The quantitative estimate of drug-likeness (QED) is 0.754. The Bertz CT molecular complexity index is 550. The fourth-order valence-corrected chi connectivity index (χ4v) is 2.14. The van der Waals surface area contributed by atoms with E-state index in [4.69, 9.17) is 10.5 Å². The van der Waals surface area contributed by atoms with Crippen LogP contribution in [0.25, 0.3) is 0 Å². The van der Waals surface area contributed by atoms with E-state index in [1.165, 1.54) is 0 Å². The van der Waals surface area contributed by atoms with E-state index < -0.39 is 5.91 Å². The van der Waals surface area contributed by atoms with E-state index in [2.05, 4.69) is 37.9 Å². The second-order valence-electron chi connectivity index (χ2n) is 7.13. The molecule has 0 aromatic heterocycles. The Balaban J connectivity index is 2.43. The predicted molar refractivity (Wildman–Crippen MR) is 94.5 cm³/mol. The van der Waals surface area contributed by atoms with E-state index in [-0.39, 0.29) is 17.9 Å². The third kappa shape index (κ3) is 7.00. The van der Waals surface area contributed by atoms with Gasteiger partial charge in [0.2, 0.25) is 5.91 Å². The number of carbonyl (C=O) groups excluding carboxylic acids is 2. The van der Waals surface area contributed by atoms with Gasteiger partial charge in [-0.15, -0.1) is 0 Å². The van der Waals surface area contributed by atoms with Gasteiger partial charge >= 0.3 is 0 Å². The van der Waals surface area contributed by atoms with Gasteiger partial charge in [-0.2, -0.15) is 0 Å². The van der Waals surface area contributed by atoms with Crippen LogP contribution < -0.4 is 15.8 Å². The number of likely N-dealkylation sites (N-methyl/N-ethyl adjacent to an activating group) is 1. The van der Waals surface area contributed by atoms with E-state index in [0.29, 0.717) is 24.9 Å². The van der Waals surface area contributed by atoms with Gasteiger partial charge in [-0.05, 0) is 37.1 Å². The van der Waals surface area contributed by atoms with Crippen LogP contribution >= 0.6 is 0 Å². The number of nitrogens with two attached hydrogens (primary N) is 1. The molecule has 0 bridgehead atoms. The minimum Gasteiger partial charge on any atom is -0.484 e. The molecular weight excluding hydrogens is 306 g/mol. The predicted octanol–water partition coefficient (Wildman–Crippen LogP) is 1.53. The molecular formula is C18H29N3O3. The first-order chi connectivity index (χ1) is 11.1. The fraction of sp³-hybridized carbons (Fsp3) is 0.556. The SMILES string of the molecule is CC(N(C)CC(=O)NCc1ccc(OCC(N)=O)cc1)C(C)(C)C. The minimum absolute atomic E-state index is 0.0114. The summed E-state index contributed by atoms with van der Waals surface area (Å²) in [4.78, 5) is 24.8. The van der Waals surface area contributed by atoms with Gasteiger partial charge < -0.3 is 15.8 Å². The van der Waals surface area contributed by atoms with Gasteiger partial charge in [0.15, 0.2) is 6.61 Å². The van der Waals surface area contributed by atoms with Gasteiger partial charge in [0.05, 0.1) is 6.54 Å². The smallest absolute Gasteiger partial charge is 0.255 e. The van der Waals surface area contributed by atoms with Crippen molar-refractivity contribution in [2.45, 2.75) is 40.3 Å². The van der Waals surface area contributed by atoms with Crippen molar-refractivity contribution in [2.75, 3.05) is 20.2 Å². The zero-order chi connectivity index (χ0) is 18.3. The summed E-state index contributed by atoms with van der Waals surface area (Å²) >= 11 is 0. The Morgan fingerprint density at radius 2 is 1.83 bits per heavy atom. The summed E-state index contributed by atoms with van der Waals surface area (Å²) in [6, 6.07) is 7.48. The van der Waals surface area contributed by atoms with Crippen LogP contribution in [0.1, 0.15) is 33.3 Å². The number of amides is 2. The molecule has 6 heteroatoms. The molecule has 1 aromatic rings. The summed E-state index contributed by atoms with van der Waals surface area (Å²) in [5.74, 6) is 0.0465. The molecule has 0 saturated carbocycles. The number of ether oxygens (including phenoxy) is 1. The molecule has 1 rings (SSSR count). The molecule has 0 aliphatic carbocycles. The average Bonchev–Trinajstić information content (AvgIpc) is 2.50. The number of rotatable bonds is 8. The van der Waals surface area contributed by atoms with E-state index in [0.717, 1.165) is 5.56 Å². The van der Waals surface area contributed by atoms with Gasteiger partial charge in [0, 0.05) is 12.6 Å². The van der Waals surface area contributed by atoms with Crippen LogP contribution in [0.4, 0.5) is 0 Å². The molecule has 0 fully saturated rings. The lowest BCUT2D eigenvalue weighted by atomic mass is 9.87. The number of nitrogens with zero attached hydrogens (tertiary/aromatic N) is 1. The lowest BCUT2D eigenvalue weighted by molar-refractivity contribution is -0.123. The second-order valence-corrected chi connectivity index (χ2v) is 7.13. The zero-order valence-corrected chi connectivity index (χ0v) is 15.3. The first-order valence-electron chi connectivity index (χ1n) is 8.06. The van der Waals surface area contributed by atoms with E-state index in [1.54, 1.807) is 12.1 Å². The normalized spacial score (nSPS) is 12.8. The van der Waals surface area contributed by atoms with Crippen molar-refractivity contribution in [3.63, 3.8) is 0 Å². The lowest BCUT2D eigenvalue weighted by Gasteiger charge is -2.34. The summed E-state index contributed by atoms with van der Waals surface area (Å²) < 4.78 is 5.19. The largest absolute Gasteiger partial charge is 0.484 e. The van der Waals surface area contributed by atoms with Crippen molar-refractivity contribution in [1.82, 2.24) is 10.2 Å². The third-order valence-electron chi connectivity index (χ3n) is 4.10. The van der Waals surface area contributed by atoms with Gasteiger partial charge in [0.1, 0.15) is 5.75 Å². The maximum absolute atomic E-state index is 12.1. The summed E-state index contributed by atoms with van der Waals surface area (Å²) in [5.41, 5.74) is 6.10. The summed E-state index contributed by atoms with van der Waals surface area (Å²) in [6.45, 7) is 9.27. The van der Waals surface area contributed by atoms with Gasteiger partial charge in [0.25, 0.3) is 5.91 Å². The average molecular weight is 335 g/mol. The fourth-order valence-electron chi connectivity index (χ4n) is 2.14. The van der Waals surface area contributed by atoms with E-state index in [1.807, 2.05) is 19.2 Å². The second kappa shape index (κ2) is 8.68. The monoisotopic (exact) mass is 335 g/mol. The molecule has 0 radical (unpaired) electrons. The van der Waals surface area contributed by atoms with Crippen LogP contribution in [0.5, 0.6) is 5.75 Å². The molecule has 1 aromatic carbocycles. The van der Waals surface area contributed by atoms with Gasteiger partial charge in [-0.3, -0.25) is 14.5 Å². The van der Waals surface area contributed by atoms with Crippen LogP contribution in [-0.4, -0.2) is 43.0 Å². The lowest BCUT2D eigenvalue weighted by Crippen LogP contribution is -2.44. The van der Waals surface area contributed by atoms with Crippen LogP contribution in [-0.2, 0) is 16.1 Å². The first kappa shape index (κ1) is 20.0. The Labute approximate surface area is 144 Å². The number of hydrogen-bond donors (Lipinski definition) is 2. The highest BCUT2D eigenvalue weighted by Crippen LogP contribution is 2.22. The van der Waals surface area contributed by atoms with Crippen LogP contribution in [0, 0.1) is 5.41 Å². The molecule has 1 unspecified atom stereocenters. The number of hydrogen-bond acceptors (Lipinski definition) is 4. The molecule has 0 aliphatic heterocycles. The van der Waals surface area contributed by atoms with Crippen LogP contribution in [0.3, 0.4) is 0 Å². The Hall–Kier alpha value is -2.08. The van der Waals surface area contributed by atoms with Crippen molar-refractivity contribution in [3.05, 3.63) is 29.8 Å². The van der Waals surface area contributed by atoms with Crippen molar-refractivity contribution in [3.8, 4) is 5.75 Å². The summed E-state index contributed by atoms with van der Waals surface area (Å²) in [7, 11) is 1.96. The van der Waals surface area contributed by atoms with Crippen molar-refractivity contribution < 1.29 is 14.3 Å². The van der Waals surface area contributed by atoms with Crippen molar-refractivity contribution >= 4 is 11.8 Å². The molecule has 24 heavy (non-hydrogen) atoms. The molecule has 3 N–H and O–H groups in total. The molecule has 0 heterocycles. The molecule has 0 saturated heterocycles. The van der Waals surface area contributed by atoms with Crippen LogP contribution in [0.15, 0.2) is 24.3 Å². The maximum Gasteiger partial charge on any atom is 0.255 e. The van der Waals surface area contributed by atoms with Gasteiger partial charge in [-0.1, -0.05) is 32.9 Å². The molecule has 1 atom stereocenters. The van der Waals surface area contributed by atoms with E-state index in [9.17, 15) is 9.59 Å². The first-order valence-corrected chi connectivity index (χ1v) is 8.06. The highest BCUT2D eigenvalue weighted by molar-refractivity contribution is 5.78. The Morgan fingerprint density at radius 1 is 1.25 bits per heavy atom. The Morgan fingerprint density at radius 3 is 2.33 bits per heavy atom. The highest BCUT2D eigenvalue weighted by atomic mass is 16.5. The third-order valence-corrected chi connectivity index (χ3v) is 4.10. The molecule has 0 aliphatic rings. The zero-order valence-electron chi connectivity index (χ0n) is 15.3. The maximum atomic E-state index is 12.1. The van der Waals surface area contributed by atoms with Crippen LogP contribution in [0.2, 0.25) is 0 Å². The molecule has 2 amide bonds. The minimum atomic E-state index is -0.514. The molecule has 6 nitrogen and oxygen atoms in total. The number of carbonyl (C=O) groups is 2. The number of nitrogens with one attached hydrogen (secondary N) is 1. The molecule has 0 spiro atoms.